The van der Waals surface area contributed by atoms with Crippen molar-refractivity contribution in [3.63, 3.8) is 0 Å². The van der Waals surface area contributed by atoms with Gasteiger partial charge in [0.05, 0.1) is 0 Å². The van der Waals surface area contributed by atoms with Crippen LogP contribution in [0.15, 0.2) is 0 Å². The molecule has 1 nitrogen and oxygen atoms in total. The second-order valence-electron chi connectivity index (χ2n) is 4.98. The molecule has 1 saturated carbocycles. The maximum atomic E-state index is 3.61. The van der Waals surface area contributed by atoms with E-state index in [1.165, 1.54) is 51.5 Å². The molecule has 1 saturated heterocycles. The molecule has 0 radical (unpaired) electrons. The molecule has 2 fully saturated rings. The Balaban J connectivity index is 1.71. The Hall–Kier alpha value is -0.0400. The van der Waals surface area contributed by atoms with Crippen molar-refractivity contribution in [1.29, 1.82) is 0 Å². The highest BCUT2D eigenvalue weighted by Crippen LogP contribution is 2.35. The lowest BCUT2D eigenvalue weighted by Gasteiger charge is -2.35. The maximum absolute atomic E-state index is 3.61. The molecule has 0 aromatic heterocycles. The van der Waals surface area contributed by atoms with Crippen LogP contribution in [0.4, 0.5) is 0 Å². The summed E-state index contributed by atoms with van der Waals surface area (Å²) in [5.74, 6) is 2.16. The molecule has 0 aromatic carbocycles. The molecule has 2 aliphatic rings. The van der Waals surface area contributed by atoms with Gasteiger partial charge < -0.3 is 5.32 Å². The molecular formula is C12H23N. The standard InChI is InChI=1S/C12H23N/c1-2-12-9-11(6-7-13-12)8-10-4-3-5-10/h10-13H,2-9H2,1H3. The van der Waals surface area contributed by atoms with Crippen LogP contribution in [0.1, 0.15) is 51.9 Å². The normalized spacial score (nSPS) is 35.8. The smallest absolute Gasteiger partial charge is 0.00670 e. The van der Waals surface area contributed by atoms with E-state index in [4.69, 9.17) is 0 Å². The van der Waals surface area contributed by atoms with Crippen LogP contribution in [0, 0.1) is 11.8 Å². The fourth-order valence-corrected chi connectivity index (χ4v) is 2.82. The molecule has 1 heterocycles. The van der Waals surface area contributed by atoms with E-state index in [1.807, 2.05) is 0 Å². The number of hydrogen-bond donors (Lipinski definition) is 1. The summed E-state index contributed by atoms with van der Waals surface area (Å²) < 4.78 is 0. The number of rotatable bonds is 3. The van der Waals surface area contributed by atoms with Crippen molar-refractivity contribution in [2.45, 2.75) is 57.9 Å². The van der Waals surface area contributed by atoms with Gasteiger partial charge in [0, 0.05) is 6.04 Å². The highest BCUT2D eigenvalue weighted by Gasteiger charge is 2.25. The van der Waals surface area contributed by atoms with Gasteiger partial charge >= 0.3 is 0 Å². The highest BCUT2D eigenvalue weighted by atomic mass is 14.9. The van der Waals surface area contributed by atoms with Crippen LogP contribution in [0.2, 0.25) is 0 Å². The van der Waals surface area contributed by atoms with Crippen LogP contribution in [-0.2, 0) is 0 Å². The Labute approximate surface area is 82.3 Å². The summed E-state index contributed by atoms with van der Waals surface area (Å²) in [6, 6.07) is 0.832. The number of nitrogens with one attached hydrogen (secondary N) is 1. The van der Waals surface area contributed by atoms with E-state index < -0.39 is 0 Å². The van der Waals surface area contributed by atoms with Crippen molar-refractivity contribution in [3.8, 4) is 0 Å². The fraction of sp³-hybridized carbons (Fsp3) is 1.00. The summed E-state index contributed by atoms with van der Waals surface area (Å²) in [7, 11) is 0. The van der Waals surface area contributed by atoms with Crippen molar-refractivity contribution in [3.05, 3.63) is 0 Å². The third kappa shape index (κ3) is 2.46. The Kier molecular flexibility index (Phi) is 3.26. The first-order chi connectivity index (χ1) is 6.38. The van der Waals surface area contributed by atoms with Gasteiger partial charge in [0.25, 0.3) is 0 Å². The van der Waals surface area contributed by atoms with Gasteiger partial charge in [-0.15, -0.1) is 0 Å². The van der Waals surface area contributed by atoms with E-state index in [0.717, 1.165) is 17.9 Å². The predicted octanol–water partition coefficient (Wildman–Crippen LogP) is 2.95. The first-order valence-electron chi connectivity index (χ1n) is 6.12. The first kappa shape index (κ1) is 9.51. The highest BCUT2D eigenvalue weighted by molar-refractivity contribution is 4.81. The van der Waals surface area contributed by atoms with Gasteiger partial charge in [-0.3, -0.25) is 0 Å². The first-order valence-corrected chi connectivity index (χ1v) is 6.12. The van der Waals surface area contributed by atoms with Gasteiger partial charge in [-0.1, -0.05) is 26.2 Å². The van der Waals surface area contributed by atoms with Gasteiger partial charge in [-0.2, -0.15) is 0 Å². The average Bonchev–Trinajstić information content (AvgIpc) is 2.12. The second-order valence-corrected chi connectivity index (χ2v) is 4.98. The van der Waals surface area contributed by atoms with Gasteiger partial charge in [0.15, 0.2) is 0 Å². The van der Waals surface area contributed by atoms with E-state index in [2.05, 4.69) is 12.2 Å². The van der Waals surface area contributed by atoms with E-state index in [1.54, 1.807) is 0 Å². The lowest BCUT2D eigenvalue weighted by atomic mass is 9.75. The van der Waals surface area contributed by atoms with Crippen LogP contribution in [0.3, 0.4) is 0 Å². The lowest BCUT2D eigenvalue weighted by molar-refractivity contribution is 0.199. The third-order valence-electron chi connectivity index (χ3n) is 3.99. The summed E-state index contributed by atoms with van der Waals surface area (Å²) in [4.78, 5) is 0. The number of hydrogen-bond acceptors (Lipinski definition) is 1. The molecule has 0 spiro atoms. The molecule has 76 valence electrons. The molecular weight excluding hydrogens is 158 g/mol. The fourth-order valence-electron chi connectivity index (χ4n) is 2.82. The average molecular weight is 181 g/mol. The van der Waals surface area contributed by atoms with Crippen molar-refractivity contribution >= 4 is 0 Å². The van der Waals surface area contributed by atoms with E-state index in [0.29, 0.717) is 0 Å². The van der Waals surface area contributed by atoms with Crippen LogP contribution < -0.4 is 5.32 Å². The summed E-state index contributed by atoms with van der Waals surface area (Å²) >= 11 is 0. The van der Waals surface area contributed by atoms with Gasteiger partial charge in [0.1, 0.15) is 0 Å². The van der Waals surface area contributed by atoms with Crippen LogP contribution in [0.25, 0.3) is 0 Å². The van der Waals surface area contributed by atoms with Crippen LogP contribution in [-0.4, -0.2) is 12.6 Å². The third-order valence-corrected chi connectivity index (χ3v) is 3.99. The molecule has 1 heteroatoms. The summed E-state index contributed by atoms with van der Waals surface area (Å²) in [6.07, 6.45) is 10.3. The minimum absolute atomic E-state index is 0.832. The molecule has 1 aliphatic heterocycles. The van der Waals surface area contributed by atoms with Gasteiger partial charge in [-0.25, -0.2) is 0 Å². The zero-order chi connectivity index (χ0) is 9.10. The summed E-state index contributed by atoms with van der Waals surface area (Å²) in [6.45, 7) is 3.58. The van der Waals surface area contributed by atoms with E-state index in [9.17, 15) is 0 Å². The largest absolute Gasteiger partial charge is 0.314 e. The molecule has 2 atom stereocenters. The summed E-state index contributed by atoms with van der Waals surface area (Å²) in [5, 5.41) is 3.61. The second kappa shape index (κ2) is 4.45. The Morgan fingerprint density at radius 1 is 1.15 bits per heavy atom. The Morgan fingerprint density at radius 2 is 2.00 bits per heavy atom. The zero-order valence-corrected chi connectivity index (χ0v) is 8.89. The predicted molar refractivity (Wildman–Crippen MR) is 56.8 cm³/mol. The van der Waals surface area contributed by atoms with Crippen LogP contribution >= 0.6 is 0 Å². The van der Waals surface area contributed by atoms with Crippen LogP contribution in [0.5, 0.6) is 0 Å². The molecule has 0 aromatic rings. The molecule has 13 heavy (non-hydrogen) atoms. The van der Waals surface area contributed by atoms with Gasteiger partial charge in [0.2, 0.25) is 0 Å². The molecule has 2 rings (SSSR count). The Morgan fingerprint density at radius 3 is 2.62 bits per heavy atom. The monoisotopic (exact) mass is 181 g/mol. The number of piperidine rings is 1. The van der Waals surface area contributed by atoms with Crippen molar-refractivity contribution in [2.75, 3.05) is 6.54 Å². The summed E-state index contributed by atoms with van der Waals surface area (Å²) in [5.41, 5.74) is 0. The molecule has 2 unspecified atom stereocenters. The van der Waals surface area contributed by atoms with E-state index in [-0.39, 0.29) is 0 Å². The van der Waals surface area contributed by atoms with Crippen molar-refractivity contribution in [1.82, 2.24) is 5.32 Å². The Bertz CT molecular complexity index is 149. The molecule has 1 aliphatic carbocycles. The minimum Gasteiger partial charge on any atom is -0.314 e. The molecule has 1 N–H and O–H groups in total. The minimum atomic E-state index is 0.832. The van der Waals surface area contributed by atoms with Crippen molar-refractivity contribution < 1.29 is 0 Å². The molecule has 0 bridgehead atoms. The zero-order valence-electron chi connectivity index (χ0n) is 8.89. The SMILES string of the molecule is CCC1CC(CC2CCC2)CCN1. The topological polar surface area (TPSA) is 12.0 Å². The van der Waals surface area contributed by atoms with Crippen molar-refractivity contribution in [2.24, 2.45) is 11.8 Å². The van der Waals surface area contributed by atoms with Gasteiger partial charge in [-0.05, 0) is 44.1 Å². The van der Waals surface area contributed by atoms with E-state index >= 15 is 0 Å². The maximum Gasteiger partial charge on any atom is 0.00670 e. The quantitative estimate of drug-likeness (QED) is 0.706. The molecule has 0 amide bonds. The lowest BCUT2D eigenvalue weighted by Crippen LogP contribution is -2.38.